The Bertz CT molecular complexity index is 1140. The van der Waals surface area contributed by atoms with Gasteiger partial charge in [-0.15, -0.1) is 0 Å². The average Bonchev–Trinajstić information content (AvgIpc) is 2.78. The predicted octanol–water partition coefficient (Wildman–Crippen LogP) is 6.24. The number of rotatable bonds is 9. The first-order chi connectivity index (χ1) is 16.6. The number of nitrogens with one attached hydrogen (secondary N) is 1. The third-order valence-electron chi connectivity index (χ3n) is 4.71. The molecule has 0 heterocycles. The number of carboxylic acids is 1. The molecule has 0 aliphatic rings. The van der Waals surface area contributed by atoms with Gasteiger partial charge in [-0.25, -0.2) is 9.18 Å². The molecule has 0 unspecified atom stereocenters. The normalized spacial score (nSPS) is 11.9. The smallest absolute Gasteiger partial charge is 0.408 e. The van der Waals surface area contributed by atoms with Crippen molar-refractivity contribution in [1.29, 1.82) is 0 Å². The van der Waals surface area contributed by atoms with E-state index in [1.54, 1.807) is 63.2 Å². The minimum absolute atomic E-state index is 0.272. The van der Waals surface area contributed by atoms with E-state index in [1.807, 2.05) is 18.2 Å². The molecule has 3 aromatic carbocycles. The number of benzene rings is 3. The Morgan fingerprint density at radius 1 is 0.943 bits per heavy atom. The number of alkyl carbamates (subject to hydrolysis) is 1. The van der Waals surface area contributed by atoms with Crippen molar-refractivity contribution in [1.82, 2.24) is 5.32 Å². The summed E-state index contributed by atoms with van der Waals surface area (Å²) in [4.78, 5) is 23.4. The number of hydrogen-bond acceptors (Lipinski definition) is 5. The van der Waals surface area contributed by atoms with E-state index in [2.05, 4.69) is 5.32 Å². The third-order valence-corrected chi connectivity index (χ3v) is 4.71. The second-order valence-electron chi connectivity index (χ2n) is 8.86. The predicted molar refractivity (Wildman–Crippen MR) is 128 cm³/mol. The third kappa shape index (κ3) is 8.66. The van der Waals surface area contributed by atoms with Crippen molar-refractivity contribution < 1.29 is 33.3 Å². The van der Waals surface area contributed by atoms with E-state index in [1.165, 1.54) is 12.1 Å². The average molecular weight is 482 g/mol. The summed E-state index contributed by atoms with van der Waals surface area (Å²) < 4.78 is 29.9. The van der Waals surface area contributed by atoms with Gasteiger partial charge in [0.25, 0.3) is 0 Å². The number of aliphatic carboxylic acids is 1. The van der Waals surface area contributed by atoms with E-state index in [-0.39, 0.29) is 18.8 Å². The van der Waals surface area contributed by atoms with Crippen molar-refractivity contribution in [2.75, 3.05) is 0 Å². The van der Waals surface area contributed by atoms with Gasteiger partial charge in [-0.3, -0.25) is 4.79 Å². The molecule has 35 heavy (non-hydrogen) atoms. The molecule has 0 aromatic heterocycles. The molecule has 0 saturated carbocycles. The Labute approximate surface area is 203 Å². The van der Waals surface area contributed by atoms with Crippen LogP contribution in [0.2, 0.25) is 0 Å². The van der Waals surface area contributed by atoms with Crippen LogP contribution in [0.5, 0.6) is 17.2 Å². The Hall–Kier alpha value is -4.07. The van der Waals surface area contributed by atoms with Crippen molar-refractivity contribution in [2.24, 2.45) is 0 Å². The van der Waals surface area contributed by atoms with E-state index >= 15 is 0 Å². The van der Waals surface area contributed by atoms with E-state index in [0.29, 0.717) is 22.8 Å². The van der Waals surface area contributed by atoms with Gasteiger partial charge in [0, 0.05) is 0 Å². The van der Waals surface area contributed by atoms with E-state index in [0.717, 1.165) is 5.56 Å². The maximum absolute atomic E-state index is 13.1. The maximum Gasteiger partial charge on any atom is 0.408 e. The molecule has 0 bridgehead atoms. The Morgan fingerprint density at radius 2 is 1.60 bits per heavy atom. The topological polar surface area (TPSA) is 94.1 Å². The van der Waals surface area contributed by atoms with Crippen LogP contribution in [0.1, 0.15) is 44.4 Å². The summed E-state index contributed by atoms with van der Waals surface area (Å²) in [7, 11) is 0. The highest BCUT2D eigenvalue weighted by Gasteiger charge is 2.22. The summed E-state index contributed by atoms with van der Waals surface area (Å²) in [5.74, 6) is 0.313. The molecule has 2 N–H and O–H groups in total. The van der Waals surface area contributed by atoms with Gasteiger partial charge in [-0.1, -0.05) is 24.3 Å². The zero-order chi connectivity index (χ0) is 25.4. The Balaban J connectivity index is 1.61. The van der Waals surface area contributed by atoms with Crippen molar-refractivity contribution in [2.45, 2.75) is 45.4 Å². The lowest BCUT2D eigenvalue weighted by atomic mass is 10.0. The summed E-state index contributed by atoms with van der Waals surface area (Å²) in [6.07, 6.45) is -0.980. The second kappa shape index (κ2) is 11.4. The minimum Gasteiger partial charge on any atom is -0.489 e. The largest absolute Gasteiger partial charge is 0.489 e. The summed E-state index contributed by atoms with van der Waals surface area (Å²) in [5, 5.41) is 11.8. The molecule has 3 aromatic rings. The van der Waals surface area contributed by atoms with Gasteiger partial charge in [0.05, 0.1) is 12.5 Å². The number of carboxylic acid groups (broad SMARTS) is 1. The van der Waals surface area contributed by atoms with Crippen LogP contribution < -0.4 is 14.8 Å². The molecule has 7 nitrogen and oxygen atoms in total. The first kappa shape index (κ1) is 25.6. The molecule has 0 aliphatic heterocycles. The zero-order valence-electron chi connectivity index (χ0n) is 19.8. The first-order valence-corrected chi connectivity index (χ1v) is 11.0. The van der Waals surface area contributed by atoms with Crippen LogP contribution in [-0.2, 0) is 16.1 Å². The summed E-state index contributed by atoms with van der Waals surface area (Å²) in [6, 6.07) is 19.2. The van der Waals surface area contributed by atoms with Crippen LogP contribution in [0.25, 0.3) is 0 Å². The molecule has 0 fully saturated rings. The minimum atomic E-state index is -1.05. The number of carbonyl (C=O) groups is 2. The molecule has 0 saturated heterocycles. The number of hydrogen-bond donors (Lipinski definition) is 2. The van der Waals surface area contributed by atoms with Crippen LogP contribution in [0.4, 0.5) is 9.18 Å². The van der Waals surface area contributed by atoms with Gasteiger partial charge in [0.15, 0.2) is 0 Å². The Kier molecular flexibility index (Phi) is 8.30. The molecule has 0 spiro atoms. The molecule has 8 heteroatoms. The second-order valence-corrected chi connectivity index (χ2v) is 8.86. The van der Waals surface area contributed by atoms with Crippen LogP contribution in [0.3, 0.4) is 0 Å². The molecular weight excluding hydrogens is 453 g/mol. The fraction of sp³-hybridized carbons (Fsp3) is 0.259. The maximum atomic E-state index is 13.1. The van der Waals surface area contributed by atoms with Crippen molar-refractivity contribution in [3.8, 4) is 17.2 Å². The van der Waals surface area contributed by atoms with Gasteiger partial charge in [-0.2, -0.15) is 0 Å². The molecular formula is C27H28FNO6. The highest BCUT2D eigenvalue weighted by molar-refractivity contribution is 5.72. The van der Waals surface area contributed by atoms with E-state index < -0.39 is 23.7 Å². The van der Waals surface area contributed by atoms with Gasteiger partial charge >= 0.3 is 12.1 Å². The Morgan fingerprint density at radius 3 is 2.23 bits per heavy atom. The molecule has 1 amide bonds. The molecule has 184 valence electrons. The number of ether oxygens (including phenoxy) is 3. The highest BCUT2D eigenvalue weighted by atomic mass is 19.1. The molecule has 0 aliphatic carbocycles. The van der Waals surface area contributed by atoms with Gasteiger partial charge in [0.2, 0.25) is 0 Å². The van der Waals surface area contributed by atoms with Crippen LogP contribution in [0, 0.1) is 5.82 Å². The monoisotopic (exact) mass is 481 g/mol. The lowest BCUT2D eigenvalue weighted by molar-refractivity contribution is -0.137. The fourth-order valence-electron chi connectivity index (χ4n) is 3.18. The molecule has 3 rings (SSSR count). The molecule has 1 atom stereocenters. The van der Waals surface area contributed by atoms with E-state index in [4.69, 9.17) is 14.2 Å². The quantitative estimate of drug-likeness (QED) is 0.376. The lowest BCUT2D eigenvalue weighted by Crippen LogP contribution is -2.35. The molecule has 0 radical (unpaired) electrons. The number of halogens is 1. The highest BCUT2D eigenvalue weighted by Crippen LogP contribution is 2.25. The van der Waals surface area contributed by atoms with Gasteiger partial charge in [0.1, 0.15) is 35.3 Å². The van der Waals surface area contributed by atoms with Crippen LogP contribution in [0.15, 0.2) is 72.8 Å². The van der Waals surface area contributed by atoms with Gasteiger partial charge < -0.3 is 24.6 Å². The van der Waals surface area contributed by atoms with Gasteiger partial charge in [-0.05, 0) is 80.4 Å². The lowest BCUT2D eigenvalue weighted by Gasteiger charge is -2.23. The standard InChI is InChI=1S/C27H28FNO6/c1-27(2,3)35-26(32)29-24(16-25(30)31)19-7-11-21(12-8-19)33-17-18-5-4-6-23(15-18)34-22-13-9-20(28)10-14-22/h4-15,24H,16-17H2,1-3H3,(H,29,32)(H,30,31)/t24-/m0/s1. The zero-order valence-corrected chi connectivity index (χ0v) is 19.8. The van der Waals surface area contributed by atoms with Crippen LogP contribution >= 0.6 is 0 Å². The number of amides is 1. The summed E-state index contributed by atoms with van der Waals surface area (Å²) in [5.41, 5.74) is 0.779. The van der Waals surface area contributed by atoms with E-state index in [9.17, 15) is 19.1 Å². The van der Waals surface area contributed by atoms with Crippen molar-refractivity contribution >= 4 is 12.1 Å². The van der Waals surface area contributed by atoms with Crippen molar-refractivity contribution in [3.63, 3.8) is 0 Å². The number of carbonyl (C=O) groups excluding carboxylic acids is 1. The summed E-state index contributed by atoms with van der Waals surface area (Å²) >= 11 is 0. The summed E-state index contributed by atoms with van der Waals surface area (Å²) in [6.45, 7) is 5.47. The van der Waals surface area contributed by atoms with Crippen molar-refractivity contribution in [3.05, 3.63) is 89.7 Å². The van der Waals surface area contributed by atoms with Crippen LogP contribution in [-0.4, -0.2) is 22.8 Å². The fourth-order valence-corrected chi connectivity index (χ4v) is 3.18. The first-order valence-electron chi connectivity index (χ1n) is 11.0. The SMILES string of the molecule is CC(C)(C)OC(=O)N[C@@H](CC(=O)O)c1ccc(OCc2cccc(Oc3ccc(F)cc3)c2)cc1.